The summed E-state index contributed by atoms with van der Waals surface area (Å²) in [6.07, 6.45) is 0.991. The first-order valence-corrected chi connectivity index (χ1v) is 10.6. The summed E-state index contributed by atoms with van der Waals surface area (Å²) in [5.74, 6) is -1.04. The lowest BCUT2D eigenvalue weighted by molar-refractivity contribution is -0.122. The van der Waals surface area contributed by atoms with Crippen molar-refractivity contribution < 1.29 is 17.6 Å². The number of amides is 1. The first-order valence-electron chi connectivity index (χ1n) is 8.76. The van der Waals surface area contributed by atoms with Crippen molar-refractivity contribution in [2.24, 2.45) is 0 Å². The predicted octanol–water partition coefficient (Wildman–Crippen LogP) is 3.45. The van der Waals surface area contributed by atoms with Crippen molar-refractivity contribution in [3.8, 4) is 0 Å². The van der Waals surface area contributed by atoms with Crippen LogP contribution in [0.5, 0.6) is 0 Å². The fourth-order valence-electron chi connectivity index (χ4n) is 3.11. The summed E-state index contributed by atoms with van der Waals surface area (Å²) in [6, 6.07) is 17.9. The molecule has 1 amide bonds. The lowest BCUT2D eigenvalue weighted by Crippen LogP contribution is -2.47. The van der Waals surface area contributed by atoms with Crippen LogP contribution in [0, 0.1) is 5.82 Å². The summed E-state index contributed by atoms with van der Waals surface area (Å²) < 4.78 is 38.9. The smallest absolute Gasteiger partial charge is 0.243 e. The quantitative estimate of drug-likeness (QED) is 0.689. The van der Waals surface area contributed by atoms with Gasteiger partial charge < -0.3 is 5.32 Å². The molecule has 7 heteroatoms. The first kappa shape index (κ1) is 19.8. The molecular weight excluding hydrogens is 379 g/mol. The number of nitrogens with one attached hydrogen (secondary N) is 1. The molecule has 5 nitrogen and oxygen atoms in total. The van der Waals surface area contributed by atoms with Crippen molar-refractivity contribution >= 4 is 32.4 Å². The third kappa shape index (κ3) is 4.48. The number of halogens is 1. The van der Waals surface area contributed by atoms with Crippen LogP contribution in [0.15, 0.2) is 66.7 Å². The Kier molecular flexibility index (Phi) is 5.65. The lowest BCUT2D eigenvalue weighted by atomic mass is 10.1. The maximum Gasteiger partial charge on any atom is 0.243 e. The average Bonchev–Trinajstić information content (AvgIpc) is 2.65. The number of sulfonamides is 1. The summed E-state index contributed by atoms with van der Waals surface area (Å²) in [5.41, 5.74) is 1.01. The van der Waals surface area contributed by atoms with Gasteiger partial charge in [0, 0.05) is 6.54 Å². The maximum absolute atomic E-state index is 13.6. The summed E-state index contributed by atoms with van der Waals surface area (Å²) in [4.78, 5) is 12.6. The molecule has 28 heavy (non-hydrogen) atoms. The van der Waals surface area contributed by atoms with Crippen LogP contribution in [-0.2, 0) is 21.4 Å². The Hall–Kier alpha value is -2.93. The van der Waals surface area contributed by atoms with Crippen LogP contribution in [0.3, 0.4) is 0 Å². The van der Waals surface area contributed by atoms with Crippen LogP contribution in [0.2, 0.25) is 0 Å². The lowest BCUT2D eigenvalue weighted by Gasteiger charge is -2.28. The van der Waals surface area contributed by atoms with Gasteiger partial charge in [-0.25, -0.2) is 12.8 Å². The molecule has 1 atom stereocenters. The fourth-order valence-corrected chi connectivity index (χ4v) is 4.27. The molecule has 0 radical (unpaired) electrons. The van der Waals surface area contributed by atoms with Gasteiger partial charge >= 0.3 is 0 Å². The molecule has 0 aromatic heterocycles. The Balaban J connectivity index is 1.77. The minimum Gasteiger partial charge on any atom is -0.350 e. The second kappa shape index (κ2) is 7.98. The minimum atomic E-state index is -3.78. The second-order valence-electron chi connectivity index (χ2n) is 6.61. The third-order valence-corrected chi connectivity index (χ3v) is 5.67. The molecule has 146 valence electrons. The highest BCUT2D eigenvalue weighted by atomic mass is 32.2. The van der Waals surface area contributed by atoms with Gasteiger partial charge in [0.2, 0.25) is 15.9 Å². The molecule has 0 bridgehead atoms. The number of nitrogens with zero attached hydrogens (tertiary/aromatic N) is 1. The Labute approximate surface area is 163 Å². The highest BCUT2D eigenvalue weighted by Gasteiger charge is 2.29. The van der Waals surface area contributed by atoms with Gasteiger partial charge in [-0.2, -0.15) is 0 Å². The number of hydrogen-bond donors (Lipinski definition) is 1. The first-order chi connectivity index (χ1) is 13.3. The number of benzene rings is 3. The van der Waals surface area contributed by atoms with Crippen LogP contribution in [-0.4, -0.2) is 26.6 Å². The second-order valence-corrected chi connectivity index (χ2v) is 8.47. The molecule has 1 unspecified atom stereocenters. The van der Waals surface area contributed by atoms with E-state index in [9.17, 15) is 17.6 Å². The number of rotatable bonds is 6. The average molecular weight is 400 g/mol. The minimum absolute atomic E-state index is 0.107. The van der Waals surface area contributed by atoms with Crippen molar-refractivity contribution in [1.82, 2.24) is 5.32 Å². The molecule has 0 spiro atoms. The van der Waals surface area contributed by atoms with E-state index >= 15 is 0 Å². The summed E-state index contributed by atoms with van der Waals surface area (Å²) in [5, 5.41) is 4.91. The van der Waals surface area contributed by atoms with Gasteiger partial charge in [-0.1, -0.05) is 42.5 Å². The molecule has 0 aliphatic carbocycles. The Morgan fingerprint density at radius 1 is 1.04 bits per heavy atom. The molecule has 0 saturated heterocycles. The van der Waals surface area contributed by atoms with Crippen LogP contribution in [0.1, 0.15) is 12.5 Å². The van der Waals surface area contributed by atoms with Crippen LogP contribution < -0.4 is 9.62 Å². The Morgan fingerprint density at radius 2 is 1.75 bits per heavy atom. The van der Waals surface area contributed by atoms with Gasteiger partial charge in [0.15, 0.2) is 0 Å². The molecule has 1 N–H and O–H groups in total. The van der Waals surface area contributed by atoms with Gasteiger partial charge in [0.1, 0.15) is 11.9 Å². The van der Waals surface area contributed by atoms with Crippen LogP contribution >= 0.6 is 0 Å². The Morgan fingerprint density at radius 3 is 2.43 bits per heavy atom. The summed E-state index contributed by atoms with van der Waals surface area (Å²) in [7, 11) is -3.78. The van der Waals surface area contributed by atoms with Crippen molar-refractivity contribution in [2.75, 3.05) is 10.6 Å². The molecule has 3 aromatic carbocycles. The van der Waals surface area contributed by atoms with E-state index in [0.717, 1.165) is 33.0 Å². The molecular formula is C21H21FN2O3S. The highest BCUT2D eigenvalue weighted by Crippen LogP contribution is 2.22. The zero-order chi connectivity index (χ0) is 20.3. The molecule has 3 aromatic rings. The standard InChI is InChI=1S/C21H21FN2O3S/c1-15(24(28(2,26)27)20-9-5-8-19(22)13-20)21(25)23-14-16-10-11-17-6-3-4-7-18(17)12-16/h3-13,15H,14H2,1-2H3,(H,23,25). The third-order valence-electron chi connectivity index (χ3n) is 4.43. The number of carbonyl (C=O) groups is 1. The normalized spacial score (nSPS) is 12.5. The molecule has 0 fully saturated rings. The number of hydrogen-bond acceptors (Lipinski definition) is 3. The fraction of sp³-hybridized carbons (Fsp3) is 0.190. The van der Waals surface area contributed by atoms with E-state index in [-0.39, 0.29) is 12.2 Å². The van der Waals surface area contributed by atoms with Gasteiger partial charge in [-0.3, -0.25) is 9.10 Å². The molecule has 0 aliphatic rings. The maximum atomic E-state index is 13.6. The van der Waals surface area contributed by atoms with Gasteiger partial charge in [0.25, 0.3) is 0 Å². The molecule has 0 heterocycles. The Bertz CT molecular complexity index is 1120. The number of fused-ring (bicyclic) bond motifs is 1. The zero-order valence-corrected chi connectivity index (χ0v) is 16.4. The van der Waals surface area contributed by atoms with Crippen LogP contribution in [0.4, 0.5) is 10.1 Å². The summed E-state index contributed by atoms with van der Waals surface area (Å²) >= 11 is 0. The SMILES string of the molecule is CC(C(=O)NCc1ccc2ccccc2c1)N(c1cccc(F)c1)S(C)(=O)=O. The van der Waals surface area contributed by atoms with Crippen molar-refractivity contribution in [3.05, 3.63) is 78.1 Å². The topological polar surface area (TPSA) is 66.5 Å². The van der Waals surface area contributed by atoms with E-state index in [0.29, 0.717) is 0 Å². The summed E-state index contributed by atoms with van der Waals surface area (Å²) in [6.45, 7) is 1.73. The number of anilines is 1. The van der Waals surface area contributed by atoms with Crippen LogP contribution in [0.25, 0.3) is 10.8 Å². The van der Waals surface area contributed by atoms with Crippen molar-refractivity contribution in [2.45, 2.75) is 19.5 Å². The predicted molar refractivity (Wildman–Crippen MR) is 109 cm³/mol. The largest absolute Gasteiger partial charge is 0.350 e. The van der Waals surface area contributed by atoms with Gasteiger partial charge in [-0.15, -0.1) is 0 Å². The van der Waals surface area contributed by atoms with Crippen molar-refractivity contribution in [3.63, 3.8) is 0 Å². The van der Waals surface area contributed by atoms with E-state index in [1.807, 2.05) is 42.5 Å². The zero-order valence-electron chi connectivity index (χ0n) is 15.6. The van der Waals surface area contributed by atoms with Gasteiger partial charge in [0.05, 0.1) is 11.9 Å². The monoisotopic (exact) mass is 400 g/mol. The number of carbonyl (C=O) groups excluding carboxylic acids is 1. The van der Waals surface area contributed by atoms with E-state index < -0.39 is 27.8 Å². The van der Waals surface area contributed by atoms with Gasteiger partial charge in [-0.05, 0) is 47.5 Å². The van der Waals surface area contributed by atoms with E-state index in [4.69, 9.17) is 0 Å². The van der Waals surface area contributed by atoms with E-state index in [2.05, 4.69) is 5.32 Å². The molecule has 0 aliphatic heterocycles. The van der Waals surface area contributed by atoms with E-state index in [1.54, 1.807) is 0 Å². The van der Waals surface area contributed by atoms with Crippen molar-refractivity contribution in [1.29, 1.82) is 0 Å². The van der Waals surface area contributed by atoms with E-state index in [1.165, 1.54) is 25.1 Å². The molecule has 3 rings (SSSR count). The molecule has 0 saturated carbocycles. The highest BCUT2D eigenvalue weighted by molar-refractivity contribution is 7.92.